The van der Waals surface area contributed by atoms with E-state index in [2.05, 4.69) is 6.92 Å². The lowest BCUT2D eigenvalue weighted by Gasteiger charge is -2.61. The number of fused-ring (bicyclic) bond motifs is 5. The number of rotatable bonds is 3. The van der Waals surface area contributed by atoms with Crippen LogP contribution in [0.3, 0.4) is 0 Å². The summed E-state index contributed by atoms with van der Waals surface area (Å²) in [4.78, 5) is 35.9. The maximum Gasteiger partial charge on any atom is 0.303 e. The van der Waals surface area contributed by atoms with Gasteiger partial charge in [0, 0.05) is 31.1 Å². The molecule has 4 aliphatic rings. The van der Waals surface area contributed by atoms with Crippen molar-refractivity contribution in [1.29, 1.82) is 0 Å². The van der Waals surface area contributed by atoms with Crippen molar-refractivity contribution in [2.24, 2.45) is 40.4 Å². The number of alkyl halides is 1. The van der Waals surface area contributed by atoms with Crippen LogP contribution in [0.5, 0.6) is 0 Å². The van der Waals surface area contributed by atoms with Gasteiger partial charge in [-0.25, -0.2) is 4.39 Å². The average molecular weight is 393 g/mol. The average Bonchev–Trinajstić information content (AvgIpc) is 3.00. The molecule has 0 spiro atoms. The number of ketones is 2. The topological polar surface area (TPSA) is 60.4 Å². The molecular formula is C23H33FO4. The minimum Gasteiger partial charge on any atom is -0.458 e. The Balaban J connectivity index is 1.58. The van der Waals surface area contributed by atoms with Gasteiger partial charge >= 0.3 is 5.97 Å². The van der Waals surface area contributed by atoms with Gasteiger partial charge in [0.1, 0.15) is 18.6 Å². The molecular weight excluding hydrogens is 359 g/mol. The summed E-state index contributed by atoms with van der Waals surface area (Å²) in [5, 5.41) is 0. The van der Waals surface area contributed by atoms with Gasteiger partial charge in [-0.05, 0) is 67.6 Å². The monoisotopic (exact) mass is 392 g/mol. The van der Waals surface area contributed by atoms with Crippen molar-refractivity contribution in [1.82, 2.24) is 0 Å². The van der Waals surface area contributed by atoms with Crippen LogP contribution < -0.4 is 0 Å². The fourth-order valence-electron chi connectivity index (χ4n) is 7.76. The SMILES string of the molecule is CC(=O)OCC(=O)[C@H]1CC[C@H]2[C@@H]3CC[C@@H]4CC(=O)CC[C@]4(C)[C@H]3C[C@H](F)[C@]12C. The smallest absolute Gasteiger partial charge is 0.303 e. The Kier molecular flexibility index (Phi) is 4.95. The second kappa shape index (κ2) is 6.91. The van der Waals surface area contributed by atoms with E-state index in [4.69, 9.17) is 4.74 Å². The number of Topliss-reactive ketones (excluding diaryl/α,β-unsaturated/α-hetero) is 2. The Hall–Kier alpha value is -1.26. The fourth-order valence-corrected chi connectivity index (χ4v) is 7.76. The highest BCUT2D eigenvalue weighted by Crippen LogP contribution is 2.67. The highest BCUT2D eigenvalue weighted by molar-refractivity contribution is 5.85. The zero-order valence-corrected chi connectivity index (χ0v) is 17.3. The maximum atomic E-state index is 15.8. The molecule has 28 heavy (non-hydrogen) atoms. The number of hydrogen-bond donors (Lipinski definition) is 0. The minimum absolute atomic E-state index is 0.0579. The zero-order valence-electron chi connectivity index (χ0n) is 17.3. The van der Waals surface area contributed by atoms with Crippen LogP contribution in [0.2, 0.25) is 0 Å². The van der Waals surface area contributed by atoms with Crippen molar-refractivity contribution in [3.63, 3.8) is 0 Å². The molecule has 4 saturated carbocycles. The molecule has 0 aromatic rings. The summed E-state index contributed by atoms with van der Waals surface area (Å²) in [5.74, 6) is 0.794. The summed E-state index contributed by atoms with van der Waals surface area (Å²) in [7, 11) is 0. The van der Waals surface area contributed by atoms with E-state index in [0.717, 1.165) is 25.7 Å². The highest BCUT2D eigenvalue weighted by atomic mass is 19.1. The number of carbonyl (C=O) groups excluding carboxylic acids is 3. The first kappa shape index (κ1) is 20.0. The Morgan fingerprint density at radius 1 is 1.14 bits per heavy atom. The Morgan fingerprint density at radius 3 is 2.61 bits per heavy atom. The molecule has 0 aromatic heterocycles. The van der Waals surface area contributed by atoms with Gasteiger partial charge in [-0.15, -0.1) is 0 Å². The van der Waals surface area contributed by atoms with Crippen molar-refractivity contribution < 1.29 is 23.5 Å². The molecule has 5 heteroatoms. The molecule has 8 atom stereocenters. The number of ether oxygens (including phenoxy) is 1. The molecule has 4 nitrogen and oxygen atoms in total. The van der Waals surface area contributed by atoms with Crippen molar-refractivity contribution in [2.45, 2.75) is 78.3 Å². The van der Waals surface area contributed by atoms with Crippen LogP contribution in [0, 0.1) is 40.4 Å². The number of halogens is 1. The second-order valence-corrected chi connectivity index (χ2v) is 10.3. The first-order chi connectivity index (χ1) is 13.2. The molecule has 0 unspecified atom stereocenters. The molecule has 0 aliphatic heterocycles. The zero-order chi connectivity index (χ0) is 20.3. The van der Waals surface area contributed by atoms with Crippen molar-refractivity contribution >= 4 is 17.5 Å². The summed E-state index contributed by atoms with van der Waals surface area (Å²) >= 11 is 0. The summed E-state index contributed by atoms with van der Waals surface area (Å²) in [6, 6.07) is 0. The highest BCUT2D eigenvalue weighted by Gasteiger charge is 2.64. The fraction of sp³-hybridized carbons (Fsp3) is 0.870. The lowest BCUT2D eigenvalue weighted by atomic mass is 9.44. The lowest BCUT2D eigenvalue weighted by molar-refractivity contribution is -0.161. The third-order valence-electron chi connectivity index (χ3n) is 9.34. The van der Waals surface area contributed by atoms with Gasteiger partial charge in [0.05, 0.1) is 0 Å². The van der Waals surface area contributed by atoms with Gasteiger partial charge in [0.15, 0.2) is 5.78 Å². The van der Waals surface area contributed by atoms with Crippen LogP contribution in [0.15, 0.2) is 0 Å². The predicted molar refractivity (Wildman–Crippen MR) is 102 cm³/mol. The molecule has 4 rings (SSSR count). The van der Waals surface area contributed by atoms with Crippen molar-refractivity contribution in [2.75, 3.05) is 6.61 Å². The van der Waals surface area contributed by atoms with Crippen LogP contribution in [0.25, 0.3) is 0 Å². The molecule has 156 valence electrons. The number of carbonyl (C=O) groups is 3. The second-order valence-electron chi connectivity index (χ2n) is 10.3. The molecule has 4 aliphatic carbocycles. The predicted octanol–water partition coefficient (Wildman–Crippen LogP) is 4.29. The first-order valence-electron chi connectivity index (χ1n) is 11.0. The normalized spacial score (nSPS) is 47.6. The quantitative estimate of drug-likeness (QED) is 0.672. The molecule has 0 amide bonds. The standard InChI is InChI=1S/C23H33FO4/c1-13(25)28-12-20(27)18-7-6-17-16-5-4-14-10-15(26)8-9-22(14,2)19(16)11-21(24)23(17,18)3/h14,16-19,21H,4-12H2,1-3H3/t14-,16+,17+,18-,19+,21+,22+,23+/m1/s1. The van der Waals surface area contributed by atoms with Crippen LogP contribution in [0.1, 0.15) is 72.1 Å². The van der Waals surface area contributed by atoms with Gasteiger partial charge in [0.25, 0.3) is 0 Å². The third kappa shape index (κ3) is 2.87. The van der Waals surface area contributed by atoms with E-state index in [-0.39, 0.29) is 29.6 Å². The van der Waals surface area contributed by atoms with Gasteiger partial charge in [0.2, 0.25) is 0 Å². The van der Waals surface area contributed by atoms with E-state index in [1.165, 1.54) is 6.92 Å². The largest absolute Gasteiger partial charge is 0.458 e. The van der Waals surface area contributed by atoms with Crippen LogP contribution in [-0.2, 0) is 19.1 Å². The molecule has 0 radical (unpaired) electrons. The van der Waals surface area contributed by atoms with Crippen molar-refractivity contribution in [3.8, 4) is 0 Å². The van der Waals surface area contributed by atoms with Gasteiger partial charge < -0.3 is 4.74 Å². The Bertz CT molecular complexity index is 690. The summed E-state index contributed by atoms with van der Waals surface area (Å²) in [5.41, 5.74) is -0.589. The molecule has 0 heterocycles. The van der Waals surface area contributed by atoms with E-state index in [1.54, 1.807) is 0 Å². The van der Waals surface area contributed by atoms with Gasteiger partial charge in [-0.2, -0.15) is 0 Å². The van der Waals surface area contributed by atoms with E-state index >= 15 is 4.39 Å². The summed E-state index contributed by atoms with van der Waals surface area (Å²) < 4.78 is 20.7. The minimum atomic E-state index is -1.01. The van der Waals surface area contributed by atoms with Crippen LogP contribution in [-0.4, -0.2) is 30.3 Å². The molecule has 4 fully saturated rings. The number of esters is 1. The molecule has 0 N–H and O–H groups in total. The van der Waals surface area contributed by atoms with E-state index in [9.17, 15) is 14.4 Å². The van der Waals surface area contributed by atoms with Gasteiger partial charge in [-0.1, -0.05) is 13.8 Å². The molecule has 0 aromatic carbocycles. The first-order valence-corrected chi connectivity index (χ1v) is 11.0. The van der Waals surface area contributed by atoms with Crippen LogP contribution in [0.4, 0.5) is 4.39 Å². The molecule has 0 saturated heterocycles. The van der Waals surface area contributed by atoms with Crippen LogP contribution >= 0.6 is 0 Å². The number of hydrogen-bond acceptors (Lipinski definition) is 4. The summed E-state index contributed by atoms with van der Waals surface area (Å²) in [6.45, 7) is 5.34. The van der Waals surface area contributed by atoms with Crippen molar-refractivity contribution in [3.05, 3.63) is 0 Å². The third-order valence-corrected chi connectivity index (χ3v) is 9.34. The Labute approximate surface area is 167 Å². The lowest BCUT2D eigenvalue weighted by Crippen LogP contribution is -2.58. The molecule has 0 bridgehead atoms. The van der Waals surface area contributed by atoms with E-state index in [1.807, 2.05) is 6.92 Å². The van der Waals surface area contributed by atoms with Gasteiger partial charge in [-0.3, -0.25) is 14.4 Å². The Morgan fingerprint density at radius 2 is 1.89 bits per heavy atom. The van der Waals surface area contributed by atoms with E-state index < -0.39 is 17.6 Å². The van der Waals surface area contributed by atoms with E-state index in [0.29, 0.717) is 49.2 Å². The maximum absolute atomic E-state index is 15.8. The summed E-state index contributed by atoms with van der Waals surface area (Å²) in [6.07, 6.45) is 5.38.